The molecule has 2 heterocycles. The van der Waals surface area contributed by atoms with E-state index in [1.54, 1.807) is 6.26 Å². The standard InChI is InChI=1S/C15H10N2OS/c16-15(17)14-9-12-10(3-1-5-13(12)19-14)6-7-11-4-2-8-18-11/h1-5,8-9H,(H3,16,17). The van der Waals surface area contributed by atoms with E-state index in [1.165, 1.54) is 11.3 Å². The Morgan fingerprint density at radius 2 is 2.11 bits per heavy atom. The molecule has 0 fully saturated rings. The summed E-state index contributed by atoms with van der Waals surface area (Å²) in [5.74, 6) is 6.80. The molecule has 1 aromatic carbocycles. The van der Waals surface area contributed by atoms with Crippen LogP contribution in [0.3, 0.4) is 0 Å². The third-order valence-corrected chi connectivity index (χ3v) is 3.80. The average molecular weight is 266 g/mol. The number of benzene rings is 1. The maximum absolute atomic E-state index is 7.49. The molecule has 2 aromatic heterocycles. The normalized spacial score (nSPS) is 10.1. The predicted molar refractivity (Wildman–Crippen MR) is 77.5 cm³/mol. The van der Waals surface area contributed by atoms with Crippen molar-refractivity contribution in [3.63, 3.8) is 0 Å². The number of nitrogens with two attached hydrogens (primary N) is 1. The van der Waals surface area contributed by atoms with Crippen molar-refractivity contribution >= 4 is 27.3 Å². The van der Waals surface area contributed by atoms with Gasteiger partial charge in [-0.25, -0.2) is 0 Å². The molecular weight excluding hydrogens is 256 g/mol. The van der Waals surface area contributed by atoms with Crippen LogP contribution in [-0.2, 0) is 0 Å². The van der Waals surface area contributed by atoms with Gasteiger partial charge in [0.1, 0.15) is 5.84 Å². The number of hydrogen-bond donors (Lipinski definition) is 2. The van der Waals surface area contributed by atoms with E-state index < -0.39 is 0 Å². The van der Waals surface area contributed by atoms with Crippen LogP contribution in [0.5, 0.6) is 0 Å². The fraction of sp³-hybridized carbons (Fsp3) is 0. The number of amidine groups is 1. The van der Waals surface area contributed by atoms with Crippen molar-refractivity contribution in [2.45, 2.75) is 0 Å². The van der Waals surface area contributed by atoms with Crippen LogP contribution in [-0.4, -0.2) is 5.84 Å². The Morgan fingerprint density at radius 3 is 2.84 bits per heavy atom. The van der Waals surface area contributed by atoms with E-state index >= 15 is 0 Å². The van der Waals surface area contributed by atoms with Gasteiger partial charge in [0.15, 0.2) is 5.76 Å². The van der Waals surface area contributed by atoms with Gasteiger partial charge in [-0.3, -0.25) is 5.41 Å². The van der Waals surface area contributed by atoms with E-state index in [1.807, 2.05) is 36.4 Å². The van der Waals surface area contributed by atoms with Crippen molar-refractivity contribution in [3.05, 3.63) is 58.9 Å². The molecule has 0 aliphatic heterocycles. The van der Waals surface area contributed by atoms with Gasteiger partial charge in [0, 0.05) is 15.6 Å². The zero-order valence-corrected chi connectivity index (χ0v) is 10.8. The SMILES string of the molecule is N=C(N)c1cc2c(C#Cc3ccco3)cccc2s1. The van der Waals surface area contributed by atoms with Crippen LogP contribution in [0.4, 0.5) is 0 Å². The number of furan rings is 1. The van der Waals surface area contributed by atoms with Crippen molar-refractivity contribution < 1.29 is 4.42 Å². The summed E-state index contributed by atoms with van der Waals surface area (Å²) < 4.78 is 6.27. The maximum Gasteiger partial charge on any atom is 0.176 e. The van der Waals surface area contributed by atoms with Gasteiger partial charge in [-0.1, -0.05) is 12.0 Å². The summed E-state index contributed by atoms with van der Waals surface area (Å²) in [7, 11) is 0. The lowest BCUT2D eigenvalue weighted by Crippen LogP contribution is -2.08. The Morgan fingerprint density at radius 1 is 1.21 bits per heavy atom. The number of nitrogens with one attached hydrogen (secondary N) is 1. The molecule has 0 radical (unpaired) electrons. The number of nitrogen functional groups attached to an aromatic ring is 1. The van der Waals surface area contributed by atoms with Gasteiger partial charge in [-0.2, -0.15) is 0 Å². The molecule has 3 rings (SSSR count). The van der Waals surface area contributed by atoms with E-state index in [-0.39, 0.29) is 5.84 Å². The van der Waals surface area contributed by atoms with Crippen LogP contribution in [0.1, 0.15) is 16.2 Å². The lowest BCUT2D eigenvalue weighted by molar-refractivity contribution is 0.554. The van der Waals surface area contributed by atoms with Crippen LogP contribution in [0.2, 0.25) is 0 Å². The monoisotopic (exact) mass is 266 g/mol. The summed E-state index contributed by atoms with van der Waals surface area (Å²) in [6.07, 6.45) is 1.60. The van der Waals surface area contributed by atoms with Gasteiger partial charge in [-0.05, 0) is 36.3 Å². The summed E-state index contributed by atoms with van der Waals surface area (Å²) in [6, 6.07) is 11.5. The summed E-state index contributed by atoms with van der Waals surface area (Å²) >= 11 is 1.50. The lowest BCUT2D eigenvalue weighted by Gasteiger charge is -1.92. The van der Waals surface area contributed by atoms with Gasteiger partial charge in [0.25, 0.3) is 0 Å². The molecule has 0 aliphatic carbocycles. The molecule has 19 heavy (non-hydrogen) atoms. The summed E-state index contributed by atoms with van der Waals surface area (Å²) in [5.41, 5.74) is 6.44. The van der Waals surface area contributed by atoms with E-state index in [9.17, 15) is 0 Å². The molecule has 0 saturated carbocycles. The van der Waals surface area contributed by atoms with Crippen LogP contribution in [0.15, 0.2) is 47.1 Å². The Kier molecular flexibility index (Phi) is 2.82. The van der Waals surface area contributed by atoms with Crippen molar-refractivity contribution in [3.8, 4) is 11.8 Å². The van der Waals surface area contributed by atoms with Crippen molar-refractivity contribution in [2.75, 3.05) is 0 Å². The minimum absolute atomic E-state index is 0.0890. The smallest absolute Gasteiger partial charge is 0.176 e. The van der Waals surface area contributed by atoms with Crippen molar-refractivity contribution in [1.29, 1.82) is 5.41 Å². The number of rotatable bonds is 1. The highest BCUT2D eigenvalue weighted by atomic mass is 32.1. The first kappa shape index (κ1) is 11.6. The fourth-order valence-corrected chi connectivity index (χ4v) is 2.73. The number of fused-ring (bicyclic) bond motifs is 1. The van der Waals surface area contributed by atoms with Crippen LogP contribution >= 0.6 is 11.3 Å². The van der Waals surface area contributed by atoms with E-state index in [2.05, 4.69) is 11.8 Å². The predicted octanol–water partition coefficient (Wildman–Crippen LogP) is 3.18. The van der Waals surface area contributed by atoms with Crippen molar-refractivity contribution in [2.24, 2.45) is 5.73 Å². The largest absolute Gasteiger partial charge is 0.456 e. The minimum Gasteiger partial charge on any atom is -0.456 e. The molecule has 3 N–H and O–H groups in total. The molecule has 0 unspecified atom stereocenters. The minimum atomic E-state index is 0.0890. The molecule has 3 nitrogen and oxygen atoms in total. The first-order valence-corrected chi connectivity index (χ1v) is 6.48. The fourth-order valence-electron chi connectivity index (χ4n) is 1.78. The second-order valence-electron chi connectivity index (χ2n) is 3.97. The number of hydrogen-bond acceptors (Lipinski definition) is 3. The molecule has 92 valence electrons. The van der Waals surface area contributed by atoms with Crippen LogP contribution < -0.4 is 5.73 Å². The highest BCUT2D eigenvalue weighted by Crippen LogP contribution is 2.27. The first-order chi connectivity index (χ1) is 9.24. The first-order valence-electron chi connectivity index (χ1n) is 5.66. The van der Waals surface area contributed by atoms with Crippen LogP contribution in [0.25, 0.3) is 10.1 Å². The zero-order chi connectivity index (χ0) is 13.2. The molecule has 0 saturated heterocycles. The number of thiophene rings is 1. The van der Waals surface area contributed by atoms with Gasteiger partial charge in [0.2, 0.25) is 0 Å². The molecule has 0 spiro atoms. The molecular formula is C15H10N2OS. The summed E-state index contributed by atoms with van der Waals surface area (Å²) in [5, 5.41) is 8.52. The quantitative estimate of drug-likeness (QED) is 0.403. The lowest BCUT2D eigenvalue weighted by atomic mass is 10.1. The molecule has 0 bridgehead atoms. The Bertz CT molecular complexity index is 804. The van der Waals surface area contributed by atoms with Crippen molar-refractivity contribution in [1.82, 2.24) is 0 Å². The highest BCUT2D eigenvalue weighted by Gasteiger charge is 2.06. The molecule has 3 aromatic rings. The summed E-state index contributed by atoms with van der Waals surface area (Å²) in [4.78, 5) is 0.766. The third kappa shape index (κ3) is 2.24. The Balaban J connectivity index is 2.11. The molecule has 0 amide bonds. The zero-order valence-electron chi connectivity index (χ0n) is 9.94. The van der Waals surface area contributed by atoms with E-state index in [0.717, 1.165) is 20.5 Å². The molecule has 0 aliphatic rings. The van der Waals surface area contributed by atoms with Gasteiger partial charge in [0.05, 0.1) is 11.1 Å². The molecule has 0 atom stereocenters. The second-order valence-corrected chi connectivity index (χ2v) is 5.05. The maximum atomic E-state index is 7.49. The molecule has 4 heteroatoms. The third-order valence-electron chi connectivity index (χ3n) is 2.67. The van der Waals surface area contributed by atoms with Crippen LogP contribution in [0, 0.1) is 17.3 Å². The average Bonchev–Trinajstić information content (AvgIpc) is 3.05. The Labute approximate surface area is 114 Å². The van der Waals surface area contributed by atoms with Gasteiger partial charge >= 0.3 is 0 Å². The topological polar surface area (TPSA) is 63.0 Å². The summed E-state index contributed by atoms with van der Waals surface area (Å²) in [6.45, 7) is 0. The van der Waals surface area contributed by atoms with Gasteiger partial charge < -0.3 is 10.2 Å². The van der Waals surface area contributed by atoms with Gasteiger partial charge in [-0.15, -0.1) is 11.3 Å². The van der Waals surface area contributed by atoms with E-state index in [0.29, 0.717) is 5.76 Å². The Hall–Kier alpha value is -2.51. The highest BCUT2D eigenvalue weighted by molar-refractivity contribution is 7.20. The van der Waals surface area contributed by atoms with E-state index in [4.69, 9.17) is 15.6 Å². The second kappa shape index (κ2) is 4.63.